The van der Waals surface area contributed by atoms with Crippen molar-refractivity contribution >= 4 is 10.8 Å². The van der Waals surface area contributed by atoms with E-state index in [0.29, 0.717) is 6.04 Å². The molecule has 1 nitrogen and oxygen atoms in total. The number of fused-ring (bicyclic) bond motifs is 3. The molecule has 0 unspecified atom stereocenters. The van der Waals surface area contributed by atoms with Crippen molar-refractivity contribution in [3.05, 3.63) is 47.5 Å². The predicted octanol–water partition coefficient (Wildman–Crippen LogP) is 4.23. The summed E-state index contributed by atoms with van der Waals surface area (Å²) in [4.78, 5) is 0. The molecule has 20 heavy (non-hydrogen) atoms. The predicted molar refractivity (Wildman–Crippen MR) is 85.2 cm³/mol. The third-order valence-corrected chi connectivity index (χ3v) is 5.13. The Morgan fingerprint density at radius 2 is 1.65 bits per heavy atom. The first kappa shape index (κ1) is 12.4. The summed E-state index contributed by atoms with van der Waals surface area (Å²) in [6, 6.07) is 14.9. The van der Waals surface area contributed by atoms with Gasteiger partial charge >= 0.3 is 0 Å². The second kappa shape index (κ2) is 5.21. The molecule has 2 aromatic carbocycles. The van der Waals surface area contributed by atoms with E-state index >= 15 is 0 Å². The summed E-state index contributed by atoms with van der Waals surface area (Å²) in [5.41, 5.74) is 3.16. The maximum absolute atomic E-state index is 3.93. The van der Waals surface area contributed by atoms with Crippen LogP contribution in [-0.4, -0.2) is 12.1 Å². The van der Waals surface area contributed by atoms with E-state index in [0.717, 1.165) is 6.04 Å². The summed E-state index contributed by atoms with van der Waals surface area (Å²) in [6.07, 6.45) is 9.47. The molecule has 4 rings (SSSR count). The number of benzene rings is 2. The fourth-order valence-electron chi connectivity index (χ4n) is 4.12. The highest BCUT2D eigenvalue weighted by Crippen LogP contribution is 2.31. The highest BCUT2D eigenvalue weighted by molar-refractivity contribution is 5.87. The summed E-state index contributed by atoms with van der Waals surface area (Å²) < 4.78 is 0. The molecular weight excluding hydrogens is 242 g/mol. The summed E-state index contributed by atoms with van der Waals surface area (Å²) in [7, 11) is 0. The maximum atomic E-state index is 3.93. The minimum Gasteiger partial charge on any atom is -0.311 e. The molecule has 1 saturated carbocycles. The molecule has 0 spiro atoms. The second-order valence-corrected chi connectivity index (χ2v) is 6.53. The normalized spacial score (nSPS) is 23.1. The number of rotatable bonds is 2. The lowest BCUT2D eigenvalue weighted by Gasteiger charge is -2.26. The molecule has 2 aliphatic rings. The van der Waals surface area contributed by atoms with Gasteiger partial charge in [-0.1, -0.05) is 55.7 Å². The van der Waals surface area contributed by atoms with Crippen LogP contribution in [0.5, 0.6) is 0 Å². The van der Waals surface area contributed by atoms with E-state index in [2.05, 4.69) is 41.7 Å². The summed E-state index contributed by atoms with van der Waals surface area (Å²) in [5.74, 6) is 0. The van der Waals surface area contributed by atoms with Crippen molar-refractivity contribution in [1.82, 2.24) is 5.32 Å². The van der Waals surface area contributed by atoms with Crippen molar-refractivity contribution in [1.29, 1.82) is 0 Å². The van der Waals surface area contributed by atoms with Gasteiger partial charge in [0.25, 0.3) is 0 Å². The van der Waals surface area contributed by atoms with Gasteiger partial charge in [0.05, 0.1) is 0 Å². The van der Waals surface area contributed by atoms with Crippen LogP contribution in [0.3, 0.4) is 0 Å². The number of hydrogen-bond acceptors (Lipinski definition) is 1. The highest BCUT2D eigenvalue weighted by Gasteiger charge is 2.25. The second-order valence-electron chi connectivity index (χ2n) is 6.53. The minimum atomic E-state index is 0.666. The van der Waals surface area contributed by atoms with Gasteiger partial charge in [0.15, 0.2) is 0 Å². The summed E-state index contributed by atoms with van der Waals surface area (Å²) >= 11 is 0. The van der Waals surface area contributed by atoms with Crippen LogP contribution in [0, 0.1) is 0 Å². The Bertz CT molecular complexity index is 610. The first-order valence-corrected chi connectivity index (χ1v) is 8.16. The largest absolute Gasteiger partial charge is 0.311 e. The van der Waals surface area contributed by atoms with E-state index in [1.165, 1.54) is 55.7 Å². The van der Waals surface area contributed by atoms with Crippen molar-refractivity contribution in [2.24, 2.45) is 0 Å². The molecule has 1 heteroatoms. The van der Waals surface area contributed by atoms with Crippen molar-refractivity contribution in [3.8, 4) is 0 Å². The molecule has 104 valence electrons. The molecular formula is C19H23N. The van der Waals surface area contributed by atoms with E-state index in [9.17, 15) is 0 Å². The molecule has 0 aromatic heterocycles. The lowest BCUT2D eigenvalue weighted by Crippen LogP contribution is -2.39. The zero-order valence-corrected chi connectivity index (χ0v) is 12.1. The molecule has 0 aliphatic heterocycles. The fourth-order valence-corrected chi connectivity index (χ4v) is 4.12. The third-order valence-electron chi connectivity index (χ3n) is 5.13. The van der Waals surface area contributed by atoms with E-state index in [1.807, 2.05) is 0 Å². The van der Waals surface area contributed by atoms with Crippen molar-refractivity contribution in [3.63, 3.8) is 0 Å². The Kier molecular flexibility index (Phi) is 3.23. The summed E-state index contributed by atoms with van der Waals surface area (Å²) in [6.45, 7) is 0. The van der Waals surface area contributed by atoms with Gasteiger partial charge in [-0.05, 0) is 47.6 Å². The average Bonchev–Trinajstić information content (AvgIpc) is 2.91. The molecule has 2 aliphatic carbocycles. The van der Waals surface area contributed by atoms with E-state index in [1.54, 1.807) is 11.1 Å². The minimum absolute atomic E-state index is 0.666. The van der Waals surface area contributed by atoms with Crippen LogP contribution in [-0.2, 0) is 12.8 Å². The van der Waals surface area contributed by atoms with Crippen molar-refractivity contribution < 1.29 is 0 Å². The Balaban J connectivity index is 1.55. The van der Waals surface area contributed by atoms with Crippen LogP contribution < -0.4 is 5.32 Å². The number of nitrogens with one attached hydrogen (secondary N) is 1. The van der Waals surface area contributed by atoms with Gasteiger partial charge in [0.1, 0.15) is 0 Å². The van der Waals surface area contributed by atoms with Gasteiger partial charge in [0, 0.05) is 12.1 Å². The fraction of sp³-hybridized carbons (Fsp3) is 0.474. The van der Waals surface area contributed by atoms with Crippen LogP contribution in [0.15, 0.2) is 36.4 Å². The van der Waals surface area contributed by atoms with Crippen LogP contribution in [0.1, 0.15) is 43.2 Å². The van der Waals surface area contributed by atoms with Crippen LogP contribution in [0.25, 0.3) is 10.8 Å². The zero-order chi connectivity index (χ0) is 13.4. The Morgan fingerprint density at radius 1 is 0.800 bits per heavy atom. The quantitative estimate of drug-likeness (QED) is 0.857. The monoisotopic (exact) mass is 265 g/mol. The maximum Gasteiger partial charge on any atom is 0.0151 e. The van der Waals surface area contributed by atoms with Gasteiger partial charge < -0.3 is 5.32 Å². The Hall–Kier alpha value is -1.34. The molecule has 1 N–H and O–H groups in total. The smallest absolute Gasteiger partial charge is 0.0151 e. The van der Waals surface area contributed by atoms with Crippen LogP contribution >= 0.6 is 0 Å². The molecule has 1 fully saturated rings. The van der Waals surface area contributed by atoms with Crippen LogP contribution in [0.2, 0.25) is 0 Å². The highest BCUT2D eigenvalue weighted by atomic mass is 15.0. The molecule has 2 aromatic rings. The Morgan fingerprint density at radius 3 is 2.55 bits per heavy atom. The van der Waals surface area contributed by atoms with E-state index in [4.69, 9.17) is 0 Å². The van der Waals surface area contributed by atoms with Gasteiger partial charge in [-0.3, -0.25) is 0 Å². The van der Waals surface area contributed by atoms with Gasteiger partial charge in [-0.15, -0.1) is 0 Å². The van der Waals surface area contributed by atoms with E-state index in [-0.39, 0.29) is 0 Å². The number of hydrogen-bond donors (Lipinski definition) is 1. The lowest BCUT2D eigenvalue weighted by atomic mass is 9.94. The Labute approximate surface area is 121 Å². The summed E-state index contributed by atoms with van der Waals surface area (Å²) in [5, 5.41) is 6.79. The van der Waals surface area contributed by atoms with Gasteiger partial charge in [-0.2, -0.15) is 0 Å². The first-order valence-electron chi connectivity index (χ1n) is 8.16. The molecule has 0 radical (unpaired) electrons. The topological polar surface area (TPSA) is 12.0 Å². The lowest BCUT2D eigenvalue weighted by molar-refractivity contribution is 0.339. The zero-order valence-electron chi connectivity index (χ0n) is 12.1. The SMILES string of the molecule is c1ccc2c3c(ccc2c1)C[C@@H](NC1CCCCC1)C3. The third kappa shape index (κ3) is 2.25. The molecule has 0 amide bonds. The van der Waals surface area contributed by atoms with Crippen molar-refractivity contribution in [2.75, 3.05) is 0 Å². The van der Waals surface area contributed by atoms with Crippen LogP contribution in [0.4, 0.5) is 0 Å². The van der Waals surface area contributed by atoms with Gasteiger partial charge in [0.2, 0.25) is 0 Å². The van der Waals surface area contributed by atoms with Crippen molar-refractivity contribution in [2.45, 2.75) is 57.0 Å². The molecule has 1 atom stereocenters. The molecule has 0 heterocycles. The molecule has 0 saturated heterocycles. The first-order chi connectivity index (χ1) is 9.90. The molecule has 0 bridgehead atoms. The van der Waals surface area contributed by atoms with E-state index < -0.39 is 0 Å². The standard InChI is InChI=1S/C19H23N/c1-2-7-16(8-3-1)20-17-12-15-11-10-14-6-4-5-9-18(14)19(15)13-17/h4-6,9-11,16-17,20H,1-3,7-8,12-13H2/t17-/m1/s1. The average molecular weight is 265 g/mol. The van der Waals surface area contributed by atoms with Gasteiger partial charge in [-0.25, -0.2) is 0 Å².